The summed E-state index contributed by atoms with van der Waals surface area (Å²) in [6.45, 7) is 2.14. The molecule has 1 aliphatic carbocycles. The van der Waals surface area contributed by atoms with E-state index in [2.05, 4.69) is 23.2 Å². The number of benzene rings is 2. The van der Waals surface area contributed by atoms with Crippen LogP contribution in [0.4, 0.5) is 0 Å². The van der Waals surface area contributed by atoms with Gasteiger partial charge in [0.25, 0.3) is 5.56 Å². The number of aromatic nitrogens is 2. The number of hydrogen-bond donors (Lipinski definition) is 1. The first-order chi connectivity index (χ1) is 16.1. The quantitative estimate of drug-likeness (QED) is 0.210. The lowest BCUT2D eigenvalue weighted by Gasteiger charge is -2.16. The molecule has 5 rings (SSSR count). The Morgan fingerprint density at radius 1 is 1.12 bits per heavy atom. The van der Waals surface area contributed by atoms with Crippen LogP contribution >= 0.6 is 23.1 Å². The van der Waals surface area contributed by atoms with Gasteiger partial charge in [0.1, 0.15) is 4.83 Å². The average Bonchev–Trinajstić information content (AvgIpc) is 3.27. The van der Waals surface area contributed by atoms with Crippen LogP contribution in [0.25, 0.3) is 21.3 Å². The van der Waals surface area contributed by atoms with Gasteiger partial charge >= 0.3 is 5.97 Å². The van der Waals surface area contributed by atoms with Crippen LogP contribution in [0.3, 0.4) is 0 Å². The van der Waals surface area contributed by atoms with Crippen molar-refractivity contribution in [1.82, 2.24) is 9.97 Å². The third-order valence-corrected chi connectivity index (χ3v) is 7.74. The Hall–Kier alpha value is -2.90. The van der Waals surface area contributed by atoms with Gasteiger partial charge in [-0.2, -0.15) is 0 Å². The highest BCUT2D eigenvalue weighted by molar-refractivity contribution is 7.98. The lowest BCUT2D eigenvalue weighted by molar-refractivity contribution is 0.0526. The lowest BCUT2D eigenvalue weighted by atomic mass is 9.89. The minimum atomic E-state index is -0.319. The molecule has 2 aromatic heterocycles. The summed E-state index contributed by atoms with van der Waals surface area (Å²) in [6.07, 6.45) is 4.75. The van der Waals surface area contributed by atoms with E-state index < -0.39 is 0 Å². The first kappa shape index (κ1) is 21.9. The van der Waals surface area contributed by atoms with Crippen LogP contribution in [0.15, 0.2) is 57.8 Å². The smallest absolute Gasteiger partial charge is 0.338 e. The van der Waals surface area contributed by atoms with Crippen molar-refractivity contribution in [3.05, 3.63) is 80.5 Å². The van der Waals surface area contributed by atoms with E-state index in [0.29, 0.717) is 28.5 Å². The molecule has 0 saturated carbocycles. The van der Waals surface area contributed by atoms with Gasteiger partial charge in [0, 0.05) is 16.7 Å². The summed E-state index contributed by atoms with van der Waals surface area (Å²) in [5.74, 6) is 0.321. The van der Waals surface area contributed by atoms with Crippen LogP contribution in [0, 0.1) is 0 Å². The molecule has 1 N–H and O–H groups in total. The van der Waals surface area contributed by atoms with E-state index in [1.54, 1.807) is 19.1 Å². The van der Waals surface area contributed by atoms with E-state index in [-0.39, 0.29) is 11.5 Å². The minimum absolute atomic E-state index is 0.103. The minimum Gasteiger partial charge on any atom is -0.462 e. The van der Waals surface area contributed by atoms with Gasteiger partial charge in [-0.25, -0.2) is 9.78 Å². The number of carbonyl (C=O) groups is 1. The summed E-state index contributed by atoms with van der Waals surface area (Å²) in [6, 6.07) is 13.9. The Morgan fingerprint density at radius 2 is 1.91 bits per heavy atom. The number of H-pyrrole nitrogens is 1. The second kappa shape index (κ2) is 9.53. The molecule has 0 atom stereocenters. The number of carbonyl (C=O) groups excluding carboxylic acids is 1. The highest BCUT2D eigenvalue weighted by Gasteiger charge is 2.16. The molecule has 0 amide bonds. The molecule has 4 aromatic rings. The van der Waals surface area contributed by atoms with Crippen LogP contribution in [0.1, 0.15) is 46.8 Å². The van der Waals surface area contributed by atoms with Crippen LogP contribution in [0.5, 0.6) is 0 Å². The van der Waals surface area contributed by atoms with Gasteiger partial charge in [0.15, 0.2) is 5.16 Å². The monoisotopic (exact) mass is 476 g/mol. The van der Waals surface area contributed by atoms with Crippen molar-refractivity contribution in [2.45, 2.75) is 43.5 Å². The molecule has 7 heteroatoms. The highest BCUT2D eigenvalue weighted by Crippen LogP contribution is 2.34. The summed E-state index contributed by atoms with van der Waals surface area (Å²) in [5.41, 5.74) is 6.37. The zero-order chi connectivity index (χ0) is 22.8. The second-order valence-electron chi connectivity index (χ2n) is 8.10. The number of nitrogens with zero attached hydrogens (tertiary/aromatic N) is 1. The maximum atomic E-state index is 13.0. The van der Waals surface area contributed by atoms with Crippen molar-refractivity contribution in [3.63, 3.8) is 0 Å². The number of thiophene rings is 1. The largest absolute Gasteiger partial charge is 0.462 e. The van der Waals surface area contributed by atoms with Crippen LogP contribution in [-0.2, 0) is 23.3 Å². The average molecular weight is 477 g/mol. The molecule has 1 aliphatic rings. The lowest BCUT2D eigenvalue weighted by Crippen LogP contribution is -2.09. The topological polar surface area (TPSA) is 72.0 Å². The van der Waals surface area contributed by atoms with E-state index >= 15 is 0 Å². The number of nitrogens with one attached hydrogen (secondary N) is 1. The molecule has 0 spiro atoms. The zero-order valence-corrected chi connectivity index (χ0v) is 20.0. The van der Waals surface area contributed by atoms with Crippen molar-refractivity contribution >= 4 is 39.3 Å². The molecule has 0 fully saturated rings. The third kappa shape index (κ3) is 4.61. The van der Waals surface area contributed by atoms with Crippen LogP contribution in [-0.4, -0.2) is 22.5 Å². The van der Waals surface area contributed by atoms with Gasteiger partial charge in [0.2, 0.25) is 0 Å². The Morgan fingerprint density at radius 3 is 2.70 bits per heavy atom. The number of ether oxygens (including phenoxy) is 1. The summed E-state index contributed by atoms with van der Waals surface area (Å²) < 4.78 is 5.02. The summed E-state index contributed by atoms with van der Waals surface area (Å²) in [7, 11) is 0. The Kier molecular flexibility index (Phi) is 6.33. The maximum absolute atomic E-state index is 13.0. The first-order valence-electron chi connectivity index (χ1n) is 11.1. The predicted molar refractivity (Wildman–Crippen MR) is 134 cm³/mol. The van der Waals surface area contributed by atoms with Gasteiger partial charge in [-0.05, 0) is 67.0 Å². The maximum Gasteiger partial charge on any atom is 0.338 e. The summed E-state index contributed by atoms with van der Waals surface area (Å²) in [4.78, 5) is 33.2. The van der Waals surface area contributed by atoms with Crippen LogP contribution in [0.2, 0.25) is 0 Å². The van der Waals surface area contributed by atoms with E-state index in [9.17, 15) is 9.59 Å². The third-order valence-electron chi connectivity index (χ3n) is 5.92. The zero-order valence-electron chi connectivity index (χ0n) is 18.3. The second-order valence-corrected chi connectivity index (χ2v) is 9.92. The SMILES string of the molecule is CCOC(=O)c1ccc(CSc2nc3scc(-c4ccc5c(c4)CCCC5)c3c(=O)[nH]2)cc1. The van der Waals surface area contributed by atoms with Crippen molar-refractivity contribution < 1.29 is 9.53 Å². The molecule has 168 valence electrons. The fraction of sp³-hybridized carbons (Fsp3) is 0.269. The molecule has 2 heterocycles. The van der Waals surface area contributed by atoms with Crippen LogP contribution < -0.4 is 5.56 Å². The van der Waals surface area contributed by atoms with Gasteiger partial charge < -0.3 is 9.72 Å². The van der Waals surface area contributed by atoms with Gasteiger partial charge in [0.05, 0.1) is 17.6 Å². The molecule has 2 aromatic carbocycles. The molecular weight excluding hydrogens is 452 g/mol. The Labute approximate surface area is 200 Å². The number of thioether (sulfide) groups is 1. The molecule has 33 heavy (non-hydrogen) atoms. The number of aromatic amines is 1. The van der Waals surface area contributed by atoms with E-state index in [1.807, 2.05) is 17.5 Å². The number of esters is 1. The Bertz CT molecular complexity index is 1370. The fourth-order valence-electron chi connectivity index (χ4n) is 4.21. The number of fused-ring (bicyclic) bond motifs is 2. The van der Waals surface area contributed by atoms with Crippen molar-refractivity contribution in [2.75, 3.05) is 6.61 Å². The molecule has 0 radical (unpaired) electrons. The van der Waals surface area contributed by atoms with Crippen molar-refractivity contribution in [2.24, 2.45) is 0 Å². The predicted octanol–water partition coefficient (Wildman–Crippen LogP) is 6.00. The normalized spacial score (nSPS) is 13.1. The molecule has 0 bridgehead atoms. The molecular formula is C26H24N2O3S2. The van der Waals surface area contributed by atoms with E-state index in [0.717, 1.165) is 34.4 Å². The summed E-state index contributed by atoms with van der Waals surface area (Å²) >= 11 is 2.98. The van der Waals surface area contributed by atoms with Gasteiger partial charge in [-0.15, -0.1) is 11.3 Å². The van der Waals surface area contributed by atoms with Crippen molar-refractivity contribution in [1.29, 1.82) is 0 Å². The molecule has 0 unspecified atom stereocenters. The number of hydrogen-bond acceptors (Lipinski definition) is 6. The highest BCUT2D eigenvalue weighted by atomic mass is 32.2. The number of rotatable bonds is 6. The first-order valence-corrected chi connectivity index (χ1v) is 13.0. The summed E-state index contributed by atoms with van der Waals surface area (Å²) in [5, 5.41) is 3.31. The molecule has 0 aliphatic heterocycles. The van der Waals surface area contributed by atoms with E-state index in [1.165, 1.54) is 47.1 Å². The van der Waals surface area contributed by atoms with Crippen molar-refractivity contribution in [3.8, 4) is 11.1 Å². The molecule has 0 saturated heterocycles. The van der Waals surface area contributed by atoms with E-state index in [4.69, 9.17) is 9.72 Å². The fourth-order valence-corrected chi connectivity index (χ4v) is 6.04. The number of aryl methyl sites for hydroxylation is 2. The Balaban J connectivity index is 1.35. The molecule has 5 nitrogen and oxygen atoms in total. The standard InChI is InChI=1S/C26H24N2O3S2/c1-2-31-25(30)18-9-7-16(8-10-18)14-33-26-27-23(29)22-21(15-32-24(22)28-26)20-12-11-17-5-3-4-6-19(17)13-20/h7-13,15H,2-6,14H2,1H3,(H,27,28,29). The van der Waals surface area contributed by atoms with Gasteiger partial charge in [-0.1, -0.05) is 42.1 Å². The van der Waals surface area contributed by atoms with Gasteiger partial charge in [-0.3, -0.25) is 4.79 Å².